The van der Waals surface area contributed by atoms with Crippen LogP contribution in [0.3, 0.4) is 0 Å². The molecular formula is C16H16BrN3O4. The highest BCUT2D eigenvalue weighted by Crippen LogP contribution is 2.26. The van der Waals surface area contributed by atoms with Gasteiger partial charge in [0.15, 0.2) is 0 Å². The largest absolute Gasteiger partial charge is 0.478 e. The first kappa shape index (κ1) is 16.7. The first-order chi connectivity index (χ1) is 11.5. The van der Waals surface area contributed by atoms with E-state index in [4.69, 9.17) is 9.84 Å². The number of rotatable bonds is 4. The van der Waals surface area contributed by atoms with E-state index in [1.54, 1.807) is 4.90 Å². The lowest BCUT2D eigenvalue weighted by Gasteiger charge is -2.36. The van der Waals surface area contributed by atoms with Crippen molar-refractivity contribution in [2.75, 3.05) is 19.8 Å². The summed E-state index contributed by atoms with van der Waals surface area (Å²) in [5.41, 5.74) is 1.05. The van der Waals surface area contributed by atoms with E-state index >= 15 is 0 Å². The van der Waals surface area contributed by atoms with Crippen LogP contribution in [0.5, 0.6) is 0 Å². The van der Waals surface area contributed by atoms with E-state index in [2.05, 4.69) is 21.0 Å². The number of aromatic carboxylic acids is 1. The molecule has 8 heteroatoms. The second-order valence-corrected chi connectivity index (χ2v) is 6.38. The van der Waals surface area contributed by atoms with Crippen LogP contribution in [0, 0.1) is 0 Å². The quantitative estimate of drug-likeness (QED) is 0.857. The molecule has 1 aliphatic rings. The highest BCUT2D eigenvalue weighted by Gasteiger charge is 2.29. The number of carboxylic acid groups (broad SMARTS) is 1. The number of amides is 1. The number of hydrogen-bond acceptors (Lipinski definition) is 4. The summed E-state index contributed by atoms with van der Waals surface area (Å²) >= 11 is 3.44. The van der Waals surface area contributed by atoms with Crippen molar-refractivity contribution in [1.29, 1.82) is 0 Å². The number of aromatic nitrogens is 2. The lowest BCUT2D eigenvalue weighted by Crippen LogP contribution is -2.44. The van der Waals surface area contributed by atoms with E-state index < -0.39 is 5.97 Å². The molecule has 0 aliphatic carbocycles. The van der Waals surface area contributed by atoms with Gasteiger partial charge in [0.05, 0.1) is 31.0 Å². The molecule has 1 atom stereocenters. The maximum Gasteiger partial charge on any atom is 0.338 e. The average molecular weight is 394 g/mol. The molecule has 7 nitrogen and oxygen atoms in total. The number of morpholine rings is 1. The summed E-state index contributed by atoms with van der Waals surface area (Å²) in [5, 5.41) is 12.9. The van der Waals surface area contributed by atoms with Crippen LogP contribution in [0.2, 0.25) is 0 Å². The number of ether oxygens (including phenoxy) is 1. The second kappa shape index (κ2) is 7.14. The van der Waals surface area contributed by atoms with Crippen molar-refractivity contribution in [3.8, 4) is 0 Å². The molecule has 0 spiro atoms. The summed E-state index contributed by atoms with van der Waals surface area (Å²) in [6, 6.07) is 7.61. The second-order valence-electron chi connectivity index (χ2n) is 5.46. The molecule has 2 aromatic rings. The first-order valence-corrected chi connectivity index (χ1v) is 8.22. The Morgan fingerprint density at radius 3 is 2.96 bits per heavy atom. The lowest BCUT2D eigenvalue weighted by molar-refractivity contribution is -0.141. The van der Waals surface area contributed by atoms with Gasteiger partial charge in [-0.25, -0.2) is 4.79 Å². The zero-order valence-corrected chi connectivity index (χ0v) is 14.3. The number of carboxylic acids is 1. The summed E-state index contributed by atoms with van der Waals surface area (Å²) in [4.78, 5) is 25.3. The summed E-state index contributed by atoms with van der Waals surface area (Å²) in [5.74, 6) is -1.18. The molecule has 1 aliphatic heterocycles. The van der Waals surface area contributed by atoms with Gasteiger partial charge in [-0.15, -0.1) is 0 Å². The van der Waals surface area contributed by atoms with Crippen LogP contribution in [0.1, 0.15) is 22.0 Å². The molecule has 1 fully saturated rings. The Bertz CT molecular complexity index is 761. The minimum absolute atomic E-state index is 0.00220. The molecule has 0 bridgehead atoms. The lowest BCUT2D eigenvalue weighted by atomic mass is 10.0. The molecule has 0 saturated carbocycles. The minimum Gasteiger partial charge on any atom is -0.478 e. The number of hydrogen-bond donors (Lipinski definition) is 1. The smallest absolute Gasteiger partial charge is 0.338 e. The summed E-state index contributed by atoms with van der Waals surface area (Å²) in [7, 11) is 0. The van der Waals surface area contributed by atoms with Crippen molar-refractivity contribution < 1.29 is 19.4 Å². The molecule has 1 unspecified atom stereocenters. The molecular weight excluding hydrogens is 378 g/mol. The van der Waals surface area contributed by atoms with E-state index in [-0.39, 0.29) is 24.1 Å². The van der Waals surface area contributed by atoms with Crippen molar-refractivity contribution in [3.63, 3.8) is 0 Å². The van der Waals surface area contributed by atoms with Gasteiger partial charge in [-0.2, -0.15) is 5.10 Å². The Balaban J connectivity index is 1.76. The molecule has 1 amide bonds. The van der Waals surface area contributed by atoms with Crippen LogP contribution < -0.4 is 0 Å². The number of carbonyl (C=O) groups excluding carboxylic acids is 1. The fourth-order valence-corrected chi connectivity index (χ4v) is 3.10. The minimum atomic E-state index is -1.06. The normalized spacial score (nSPS) is 17.7. The van der Waals surface area contributed by atoms with Crippen molar-refractivity contribution in [2.24, 2.45) is 0 Å². The summed E-state index contributed by atoms with van der Waals surface area (Å²) in [6.07, 6.45) is 2.59. The van der Waals surface area contributed by atoms with E-state index in [9.17, 15) is 9.59 Å². The van der Waals surface area contributed by atoms with Crippen LogP contribution >= 0.6 is 15.9 Å². The monoisotopic (exact) mass is 393 g/mol. The summed E-state index contributed by atoms with van der Waals surface area (Å²) in [6.45, 7) is 1.40. The number of nitrogens with zero attached hydrogens (tertiary/aromatic N) is 3. The fourth-order valence-electron chi connectivity index (χ4n) is 2.68. The standard InChI is InChI=1S/C16H16BrN3O4/c17-13-3-1-2-11(6-13)14-10-24-5-4-20(14)15(21)9-19-8-12(7-18-19)16(22)23/h1-3,6-8,14H,4-5,9-10H2,(H,22,23). The van der Waals surface area contributed by atoms with Crippen molar-refractivity contribution in [1.82, 2.24) is 14.7 Å². The zero-order chi connectivity index (χ0) is 17.1. The number of carbonyl (C=O) groups is 2. The van der Waals surface area contributed by atoms with Gasteiger partial charge in [-0.1, -0.05) is 28.1 Å². The van der Waals surface area contributed by atoms with Crippen molar-refractivity contribution in [2.45, 2.75) is 12.6 Å². The van der Waals surface area contributed by atoms with E-state index in [1.165, 1.54) is 17.1 Å². The van der Waals surface area contributed by atoms with Crippen LogP contribution in [0.15, 0.2) is 41.1 Å². The Labute approximate surface area is 147 Å². The Morgan fingerprint density at radius 2 is 2.25 bits per heavy atom. The van der Waals surface area contributed by atoms with E-state index in [1.807, 2.05) is 24.3 Å². The topological polar surface area (TPSA) is 84.7 Å². The van der Waals surface area contributed by atoms with Gasteiger partial charge >= 0.3 is 5.97 Å². The maximum atomic E-state index is 12.7. The van der Waals surface area contributed by atoms with Gasteiger partial charge in [-0.3, -0.25) is 9.48 Å². The van der Waals surface area contributed by atoms with Gasteiger partial charge in [0.25, 0.3) is 0 Å². The SMILES string of the molecule is O=C(O)c1cnn(CC(=O)N2CCOCC2c2cccc(Br)c2)c1. The fraction of sp³-hybridized carbons (Fsp3) is 0.312. The average Bonchev–Trinajstić information content (AvgIpc) is 3.03. The highest BCUT2D eigenvalue weighted by atomic mass is 79.9. The third-order valence-electron chi connectivity index (χ3n) is 3.86. The molecule has 2 heterocycles. The van der Waals surface area contributed by atoms with Crippen LogP contribution in [-0.2, 0) is 16.1 Å². The zero-order valence-electron chi connectivity index (χ0n) is 12.8. The van der Waals surface area contributed by atoms with Crippen LogP contribution in [0.4, 0.5) is 0 Å². The molecule has 126 valence electrons. The van der Waals surface area contributed by atoms with E-state index in [0.29, 0.717) is 19.8 Å². The van der Waals surface area contributed by atoms with Gasteiger partial charge in [0, 0.05) is 17.2 Å². The highest BCUT2D eigenvalue weighted by molar-refractivity contribution is 9.10. The third kappa shape index (κ3) is 3.65. The Morgan fingerprint density at radius 1 is 1.42 bits per heavy atom. The first-order valence-electron chi connectivity index (χ1n) is 7.43. The van der Waals surface area contributed by atoms with Gasteiger partial charge < -0.3 is 14.7 Å². The van der Waals surface area contributed by atoms with Crippen molar-refractivity contribution >= 4 is 27.8 Å². The Hall–Kier alpha value is -2.19. The maximum absolute atomic E-state index is 12.7. The predicted molar refractivity (Wildman–Crippen MR) is 88.6 cm³/mol. The number of benzene rings is 1. The Kier molecular flexibility index (Phi) is 4.96. The molecule has 1 saturated heterocycles. The molecule has 1 N–H and O–H groups in total. The molecule has 24 heavy (non-hydrogen) atoms. The predicted octanol–water partition coefficient (Wildman–Crippen LogP) is 1.94. The third-order valence-corrected chi connectivity index (χ3v) is 4.35. The van der Waals surface area contributed by atoms with Crippen LogP contribution in [0.25, 0.3) is 0 Å². The summed E-state index contributed by atoms with van der Waals surface area (Å²) < 4.78 is 7.82. The molecule has 0 radical (unpaired) electrons. The number of halogens is 1. The van der Waals surface area contributed by atoms with Crippen molar-refractivity contribution in [3.05, 3.63) is 52.3 Å². The molecule has 1 aromatic carbocycles. The van der Waals surface area contributed by atoms with Gasteiger partial charge in [-0.05, 0) is 17.7 Å². The van der Waals surface area contributed by atoms with Gasteiger partial charge in [0.1, 0.15) is 6.54 Å². The van der Waals surface area contributed by atoms with E-state index in [0.717, 1.165) is 10.0 Å². The van der Waals surface area contributed by atoms with Crippen LogP contribution in [-0.4, -0.2) is 51.4 Å². The van der Waals surface area contributed by atoms with Gasteiger partial charge in [0.2, 0.25) is 5.91 Å². The molecule has 1 aromatic heterocycles. The molecule has 3 rings (SSSR count).